The van der Waals surface area contributed by atoms with Crippen molar-refractivity contribution in [3.63, 3.8) is 0 Å². The Kier molecular flexibility index (Phi) is 6.15. The highest BCUT2D eigenvalue weighted by Gasteiger charge is 2.22. The first-order valence-electron chi connectivity index (χ1n) is 6.27. The molecule has 106 valence electrons. The molecule has 0 bridgehead atoms. The first kappa shape index (κ1) is 16.7. The van der Waals surface area contributed by atoms with Gasteiger partial charge in [-0.15, -0.1) is 0 Å². The van der Waals surface area contributed by atoms with Crippen LogP contribution in [-0.4, -0.2) is 42.1 Å². The highest BCUT2D eigenvalue weighted by molar-refractivity contribution is 5.75. The summed E-state index contributed by atoms with van der Waals surface area (Å²) in [6.07, 6.45) is 0. The lowest BCUT2D eigenvalue weighted by atomic mass is 9.82. The highest BCUT2D eigenvalue weighted by Crippen LogP contribution is 2.24. The van der Waals surface area contributed by atoms with Gasteiger partial charge in [-0.3, -0.25) is 4.79 Å². The number of carbonyl (C=O) groups excluding carboxylic acids is 1. The van der Waals surface area contributed by atoms with Gasteiger partial charge in [-0.2, -0.15) is 0 Å². The van der Waals surface area contributed by atoms with Crippen LogP contribution in [0.5, 0.6) is 0 Å². The normalized spacial score (nSPS) is 14.8. The average molecular weight is 258 g/mol. The van der Waals surface area contributed by atoms with E-state index in [9.17, 15) is 9.59 Å². The lowest BCUT2D eigenvalue weighted by Gasteiger charge is -2.28. The van der Waals surface area contributed by atoms with E-state index in [1.807, 2.05) is 0 Å². The molecule has 0 aromatic rings. The number of carboxylic acids is 1. The number of nitrogens with one attached hydrogen (secondary N) is 1. The predicted molar refractivity (Wildman–Crippen MR) is 71.4 cm³/mol. The van der Waals surface area contributed by atoms with E-state index in [4.69, 9.17) is 5.11 Å². The van der Waals surface area contributed by atoms with Crippen molar-refractivity contribution in [2.24, 2.45) is 17.3 Å². The zero-order chi connectivity index (χ0) is 14.5. The fraction of sp³-hybridized carbons (Fsp3) is 0.846. The second-order valence-electron chi connectivity index (χ2n) is 6.07. The van der Waals surface area contributed by atoms with Gasteiger partial charge < -0.3 is 15.3 Å². The Labute approximate surface area is 110 Å². The fourth-order valence-corrected chi connectivity index (χ4v) is 1.25. The summed E-state index contributed by atoms with van der Waals surface area (Å²) in [5.41, 5.74) is 0.139. The van der Waals surface area contributed by atoms with Crippen LogP contribution in [0.1, 0.15) is 34.6 Å². The van der Waals surface area contributed by atoms with Crippen molar-refractivity contribution in [2.45, 2.75) is 34.6 Å². The van der Waals surface area contributed by atoms with E-state index in [0.717, 1.165) is 0 Å². The van der Waals surface area contributed by atoms with E-state index >= 15 is 0 Å². The number of amides is 2. The van der Waals surface area contributed by atoms with E-state index < -0.39 is 11.9 Å². The minimum Gasteiger partial charge on any atom is -0.481 e. The summed E-state index contributed by atoms with van der Waals surface area (Å²) in [4.78, 5) is 23.9. The molecule has 0 saturated carbocycles. The minimum absolute atomic E-state index is 0.139. The predicted octanol–water partition coefficient (Wildman–Crippen LogP) is 2.03. The van der Waals surface area contributed by atoms with Gasteiger partial charge in [0.25, 0.3) is 0 Å². The molecule has 0 rings (SSSR count). The number of hydrogen-bond donors (Lipinski definition) is 2. The molecule has 0 aromatic heterocycles. The Bertz CT molecular complexity index is 297. The fourth-order valence-electron chi connectivity index (χ4n) is 1.25. The van der Waals surface area contributed by atoms with Crippen LogP contribution in [0.25, 0.3) is 0 Å². The lowest BCUT2D eigenvalue weighted by Crippen LogP contribution is -2.43. The minimum atomic E-state index is -0.891. The Balaban J connectivity index is 4.14. The van der Waals surface area contributed by atoms with Crippen LogP contribution in [-0.2, 0) is 4.79 Å². The van der Waals surface area contributed by atoms with Crippen molar-refractivity contribution in [3.8, 4) is 0 Å². The molecule has 18 heavy (non-hydrogen) atoms. The summed E-state index contributed by atoms with van der Waals surface area (Å²) in [6.45, 7) is 10.9. The summed E-state index contributed by atoms with van der Waals surface area (Å²) < 4.78 is 0. The number of carboxylic acid groups (broad SMARTS) is 1. The van der Waals surface area contributed by atoms with Gasteiger partial charge in [0.15, 0.2) is 0 Å². The topological polar surface area (TPSA) is 69.6 Å². The average Bonchev–Trinajstić information content (AvgIpc) is 2.23. The molecule has 0 saturated heterocycles. The van der Waals surface area contributed by atoms with Gasteiger partial charge in [0, 0.05) is 20.1 Å². The molecule has 0 aliphatic heterocycles. The van der Waals surface area contributed by atoms with E-state index in [1.165, 1.54) is 4.90 Å². The van der Waals surface area contributed by atoms with Gasteiger partial charge in [-0.25, -0.2) is 4.79 Å². The summed E-state index contributed by atoms with van der Waals surface area (Å²) in [7, 11) is 1.61. The number of carbonyl (C=O) groups is 2. The van der Waals surface area contributed by atoms with Gasteiger partial charge >= 0.3 is 12.0 Å². The summed E-state index contributed by atoms with van der Waals surface area (Å²) in [6, 6.07) is -0.223. The third-order valence-electron chi connectivity index (χ3n) is 3.35. The molecular formula is C13H26N2O3. The second-order valence-corrected chi connectivity index (χ2v) is 6.07. The van der Waals surface area contributed by atoms with Crippen molar-refractivity contribution >= 4 is 12.0 Å². The van der Waals surface area contributed by atoms with Gasteiger partial charge in [-0.05, 0) is 11.3 Å². The summed E-state index contributed by atoms with van der Waals surface area (Å²) >= 11 is 0. The number of rotatable bonds is 5. The zero-order valence-corrected chi connectivity index (χ0v) is 12.3. The maximum absolute atomic E-state index is 11.8. The third kappa shape index (κ3) is 5.89. The van der Waals surface area contributed by atoms with Gasteiger partial charge in [0.05, 0.1) is 5.92 Å². The Morgan fingerprint density at radius 2 is 1.78 bits per heavy atom. The maximum atomic E-state index is 11.8. The molecule has 0 fully saturated rings. The van der Waals surface area contributed by atoms with Crippen molar-refractivity contribution in [1.29, 1.82) is 0 Å². The van der Waals surface area contributed by atoms with E-state index in [-0.39, 0.29) is 18.0 Å². The van der Waals surface area contributed by atoms with Crippen LogP contribution in [0.2, 0.25) is 0 Å². The number of urea groups is 1. The van der Waals surface area contributed by atoms with Crippen LogP contribution >= 0.6 is 0 Å². The largest absolute Gasteiger partial charge is 0.481 e. The zero-order valence-electron chi connectivity index (χ0n) is 12.3. The van der Waals surface area contributed by atoms with E-state index in [2.05, 4.69) is 33.0 Å². The number of aliphatic carboxylic acids is 1. The third-order valence-corrected chi connectivity index (χ3v) is 3.35. The first-order chi connectivity index (χ1) is 8.05. The Morgan fingerprint density at radius 1 is 1.28 bits per heavy atom. The molecule has 0 radical (unpaired) electrons. The Hall–Kier alpha value is -1.26. The molecule has 5 nitrogen and oxygen atoms in total. The van der Waals surface area contributed by atoms with Crippen LogP contribution in [0.15, 0.2) is 0 Å². The number of hydrogen-bond acceptors (Lipinski definition) is 2. The maximum Gasteiger partial charge on any atom is 0.317 e. The lowest BCUT2D eigenvalue weighted by molar-refractivity contribution is -0.141. The molecule has 0 heterocycles. The van der Waals surface area contributed by atoms with Crippen LogP contribution < -0.4 is 5.32 Å². The van der Waals surface area contributed by atoms with Gasteiger partial charge in [0.2, 0.25) is 0 Å². The molecule has 2 amide bonds. The summed E-state index contributed by atoms with van der Waals surface area (Å²) in [5.74, 6) is -1.09. The molecular weight excluding hydrogens is 232 g/mol. The van der Waals surface area contributed by atoms with E-state index in [0.29, 0.717) is 12.5 Å². The van der Waals surface area contributed by atoms with Crippen molar-refractivity contribution < 1.29 is 14.7 Å². The molecule has 0 aliphatic rings. The van der Waals surface area contributed by atoms with Gasteiger partial charge in [0.1, 0.15) is 0 Å². The molecule has 5 heteroatoms. The highest BCUT2D eigenvalue weighted by atomic mass is 16.4. The molecule has 0 aromatic carbocycles. The molecule has 2 unspecified atom stereocenters. The van der Waals surface area contributed by atoms with Crippen molar-refractivity contribution in [1.82, 2.24) is 10.2 Å². The van der Waals surface area contributed by atoms with Crippen molar-refractivity contribution in [2.75, 3.05) is 20.1 Å². The summed E-state index contributed by atoms with van der Waals surface area (Å²) in [5, 5.41) is 11.6. The SMILES string of the molecule is CC(CN(C)C(=O)NCC(C)C(C)(C)C)C(=O)O. The van der Waals surface area contributed by atoms with Crippen LogP contribution in [0.3, 0.4) is 0 Å². The first-order valence-corrected chi connectivity index (χ1v) is 6.27. The second kappa shape index (κ2) is 6.61. The smallest absolute Gasteiger partial charge is 0.317 e. The molecule has 2 N–H and O–H groups in total. The molecule has 0 spiro atoms. The monoisotopic (exact) mass is 258 g/mol. The number of nitrogens with zero attached hydrogens (tertiary/aromatic N) is 1. The Morgan fingerprint density at radius 3 is 2.17 bits per heavy atom. The standard InChI is InChI=1S/C13H26N2O3/c1-9(11(16)17)8-15(6)12(18)14-7-10(2)13(3,4)5/h9-10H,7-8H2,1-6H3,(H,14,18)(H,16,17). The van der Waals surface area contributed by atoms with Crippen LogP contribution in [0.4, 0.5) is 4.79 Å². The van der Waals surface area contributed by atoms with Crippen LogP contribution in [0, 0.1) is 17.3 Å². The molecule has 0 aliphatic carbocycles. The van der Waals surface area contributed by atoms with Crippen molar-refractivity contribution in [3.05, 3.63) is 0 Å². The molecule has 2 atom stereocenters. The van der Waals surface area contributed by atoms with E-state index in [1.54, 1.807) is 14.0 Å². The van der Waals surface area contributed by atoms with Gasteiger partial charge in [-0.1, -0.05) is 34.6 Å². The quantitative estimate of drug-likeness (QED) is 0.792.